The Hall–Kier alpha value is -2.03. The van der Waals surface area contributed by atoms with E-state index in [1.165, 1.54) is 6.07 Å². The fraction of sp³-hybridized carbons (Fsp3) is 0.133. The van der Waals surface area contributed by atoms with Crippen LogP contribution in [0.4, 0.5) is 8.78 Å². The van der Waals surface area contributed by atoms with Gasteiger partial charge in [-0.05, 0) is 49.2 Å². The van der Waals surface area contributed by atoms with Gasteiger partial charge in [0.1, 0.15) is 0 Å². The van der Waals surface area contributed by atoms with Crippen LogP contribution in [0.15, 0.2) is 36.4 Å². The summed E-state index contributed by atoms with van der Waals surface area (Å²) in [6, 6.07) is 8.44. The molecule has 2 rings (SSSR count). The number of aryl methyl sites for hydroxylation is 2. The van der Waals surface area contributed by atoms with Crippen molar-refractivity contribution in [1.82, 2.24) is 0 Å². The number of hydrogen-bond acceptors (Lipinski definition) is 1. The molecule has 0 bridgehead atoms. The van der Waals surface area contributed by atoms with Gasteiger partial charge in [-0.3, -0.25) is 4.79 Å². The normalized spacial score (nSPS) is 10.4. The molecule has 0 radical (unpaired) electrons. The van der Waals surface area contributed by atoms with Crippen molar-refractivity contribution in [2.24, 2.45) is 0 Å². The van der Waals surface area contributed by atoms with Gasteiger partial charge in [-0.2, -0.15) is 0 Å². The molecule has 0 saturated heterocycles. The van der Waals surface area contributed by atoms with Crippen LogP contribution in [0, 0.1) is 25.5 Å². The van der Waals surface area contributed by atoms with Gasteiger partial charge in [0.15, 0.2) is 17.4 Å². The first-order chi connectivity index (χ1) is 8.49. The maximum atomic E-state index is 13.1. The molecule has 2 aromatic rings. The van der Waals surface area contributed by atoms with Gasteiger partial charge in [-0.1, -0.05) is 12.1 Å². The second-order valence-electron chi connectivity index (χ2n) is 4.26. The zero-order valence-corrected chi connectivity index (χ0v) is 10.1. The summed E-state index contributed by atoms with van der Waals surface area (Å²) in [5, 5.41) is 0. The average Bonchev–Trinajstić information content (AvgIpc) is 2.35. The Morgan fingerprint density at radius 3 is 2.06 bits per heavy atom. The van der Waals surface area contributed by atoms with Crippen molar-refractivity contribution in [2.75, 3.05) is 0 Å². The van der Waals surface area contributed by atoms with Crippen molar-refractivity contribution in [3.63, 3.8) is 0 Å². The molecule has 0 aliphatic rings. The second kappa shape index (κ2) is 4.69. The molecule has 0 aromatic heterocycles. The predicted molar refractivity (Wildman–Crippen MR) is 65.7 cm³/mol. The quantitative estimate of drug-likeness (QED) is 0.736. The minimum Gasteiger partial charge on any atom is -0.289 e. The summed E-state index contributed by atoms with van der Waals surface area (Å²) in [5.74, 6) is -2.27. The van der Waals surface area contributed by atoms with Crippen molar-refractivity contribution >= 4 is 5.78 Å². The molecule has 1 nitrogen and oxygen atoms in total. The number of carbonyl (C=O) groups is 1. The summed E-state index contributed by atoms with van der Waals surface area (Å²) in [6.07, 6.45) is 0. The van der Waals surface area contributed by atoms with Gasteiger partial charge in [0.25, 0.3) is 0 Å². The first-order valence-electron chi connectivity index (χ1n) is 5.56. The molecule has 0 heterocycles. The molecule has 3 heteroatoms. The zero-order chi connectivity index (χ0) is 13.3. The van der Waals surface area contributed by atoms with Gasteiger partial charge in [-0.15, -0.1) is 0 Å². The van der Waals surface area contributed by atoms with Crippen LogP contribution in [0.3, 0.4) is 0 Å². The summed E-state index contributed by atoms with van der Waals surface area (Å²) in [6.45, 7) is 3.85. The van der Waals surface area contributed by atoms with E-state index in [0.29, 0.717) is 5.56 Å². The number of carbonyl (C=O) groups excluding carboxylic acids is 1. The molecule has 0 aliphatic heterocycles. The van der Waals surface area contributed by atoms with Crippen LogP contribution in [0.2, 0.25) is 0 Å². The van der Waals surface area contributed by atoms with Crippen molar-refractivity contribution in [2.45, 2.75) is 13.8 Å². The number of halogens is 2. The topological polar surface area (TPSA) is 17.1 Å². The lowest BCUT2D eigenvalue weighted by Crippen LogP contribution is -2.03. The predicted octanol–water partition coefficient (Wildman–Crippen LogP) is 3.81. The SMILES string of the molecule is Cc1ccc(C(=O)c2ccc(F)c(F)c2)cc1C. The Balaban J connectivity index is 2.41. The Labute approximate surface area is 104 Å². The molecule has 0 unspecified atom stereocenters. The molecule has 0 aliphatic carbocycles. The van der Waals surface area contributed by atoms with E-state index in [-0.39, 0.29) is 11.3 Å². The fourth-order valence-corrected chi connectivity index (χ4v) is 1.69. The Morgan fingerprint density at radius 1 is 0.833 bits per heavy atom. The molecule has 0 saturated carbocycles. The van der Waals surface area contributed by atoms with E-state index < -0.39 is 11.6 Å². The highest BCUT2D eigenvalue weighted by Crippen LogP contribution is 2.16. The maximum Gasteiger partial charge on any atom is 0.193 e. The first-order valence-corrected chi connectivity index (χ1v) is 5.56. The molecule has 0 atom stereocenters. The lowest BCUT2D eigenvalue weighted by Gasteiger charge is -2.05. The third kappa shape index (κ3) is 2.30. The van der Waals surface area contributed by atoms with Crippen LogP contribution >= 0.6 is 0 Å². The lowest BCUT2D eigenvalue weighted by molar-refractivity contribution is 0.103. The smallest absolute Gasteiger partial charge is 0.193 e. The average molecular weight is 246 g/mol. The van der Waals surface area contributed by atoms with E-state index in [1.54, 1.807) is 12.1 Å². The van der Waals surface area contributed by atoms with Gasteiger partial charge in [-0.25, -0.2) is 8.78 Å². The second-order valence-corrected chi connectivity index (χ2v) is 4.26. The van der Waals surface area contributed by atoms with Crippen molar-refractivity contribution in [1.29, 1.82) is 0 Å². The summed E-state index contributed by atoms with van der Waals surface area (Å²) >= 11 is 0. The third-order valence-electron chi connectivity index (χ3n) is 2.95. The van der Waals surface area contributed by atoms with E-state index in [0.717, 1.165) is 23.3 Å². The van der Waals surface area contributed by atoms with Gasteiger partial charge >= 0.3 is 0 Å². The van der Waals surface area contributed by atoms with Crippen molar-refractivity contribution in [3.8, 4) is 0 Å². The van der Waals surface area contributed by atoms with Crippen LogP contribution in [0.25, 0.3) is 0 Å². The largest absolute Gasteiger partial charge is 0.289 e. The monoisotopic (exact) mass is 246 g/mol. The highest BCUT2D eigenvalue weighted by molar-refractivity contribution is 6.09. The van der Waals surface area contributed by atoms with E-state index in [9.17, 15) is 13.6 Å². The van der Waals surface area contributed by atoms with Crippen LogP contribution in [0.5, 0.6) is 0 Å². The molecule has 0 fully saturated rings. The lowest BCUT2D eigenvalue weighted by atomic mass is 9.99. The Kier molecular flexibility index (Phi) is 3.24. The fourth-order valence-electron chi connectivity index (χ4n) is 1.69. The Morgan fingerprint density at radius 2 is 1.44 bits per heavy atom. The van der Waals surface area contributed by atoms with Crippen LogP contribution in [-0.2, 0) is 0 Å². The van der Waals surface area contributed by atoms with E-state index >= 15 is 0 Å². The summed E-state index contributed by atoms with van der Waals surface area (Å²) < 4.78 is 25.9. The minimum absolute atomic E-state index is 0.150. The molecule has 92 valence electrons. The summed E-state index contributed by atoms with van der Waals surface area (Å²) in [7, 11) is 0. The number of hydrogen-bond donors (Lipinski definition) is 0. The molecule has 0 amide bonds. The number of ketones is 1. The molecule has 18 heavy (non-hydrogen) atoms. The highest BCUT2D eigenvalue weighted by atomic mass is 19.2. The molecule has 0 N–H and O–H groups in total. The maximum absolute atomic E-state index is 13.1. The van der Waals surface area contributed by atoms with Crippen LogP contribution in [0.1, 0.15) is 27.0 Å². The highest BCUT2D eigenvalue weighted by Gasteiger charge is 2.12. The number of rotatable bonds is 2. The van der Waals surface area contributed by atoms with Gasteiger partial charge < -0.3 is 0 Å². The van der Waals surface area contributed by atoms with Crippen LogP contribution in [-0.4, -0.2) is 5.78 Å². The third-order valence-corrected chi connectivity index (χ3v) is 2.95. The molecular formula is C15H12F2O. The van der Waals surface area contributed by atoms with Crippen molar-refractivity contribution < 1.29 is 13.6 Å². The zero-order valence-electron chi connectivity index (χ0n) is 10.1. The summed E-state index contributed by atoms with van der Waals surface area (Å²) in [5.41, 5.74) is 2.70. The standard InChI is InChI=1S/C15H12F2O/c1-9-3-4-11(7-10(9)2)15(18)12-5-6-13(16)14(17)8-12/h3-8H,1-2H3. The molecular weight excluding hydrogens is 234 g/mol. The van der Waals surface area contributed by atoms with Crippen molar-refractivity contribution in [3.05, 3.63) is 70.3 Å². The van der Waals surface area contributed by atoms with Gasteiger partial charge in [0, 0.05) is 11.1 Å². The number of benzene rings is 2. The molecule has 2 aromatic carbocycles. The Bertz CT molecular complexity index is 564. The van der Waals surface area contributed by atoms with Crippen LogP contribution < -0.4 is 0 Å². The summed E-state index contributed by atoms with van der Waals surface area (Å²) in [4.78, 5) is 12.1. The van der Waals surface area contributed by atoms with E-state index in [1.807, 2.05) is 19.9 Å². The van der Waals surface area contributed by atoms with Gasteiger partial charge in [0.2, 0.25) is 0 Å². The minimum atomic E-state index is -1.01. The van der Waals surface area contributed by atoms with Gasteiger partial charge in [0.05, 0.1) is 0 Å². The first kappa shape index (κ1) is 12.4. The van der Waals surface area contributed by atoms with E-state index in [2.05, 4.69) is 0 Å². The van der Waals surface area contributed by atoms with E-state index in [4.69, 9.17) is 0 Å². The molecule has 0 spiro atoms.